The van der Waals surface area contributed by atoms with E-state index in [4.69, 9.17) is 27.9 Å². The monoisotopic (exact) mass is 591 g/mol. The van der Waals surface area contributed by atoms with E-state index in [0.29, 0.717) is 23.7 Å². The van der Waals surface area contributed by atoms with E-state index in [1.807, 2.05) is 0 Å². The molecule has 1 atom stereocenters. The Morgan fingerprint density at radius 2 is 1.64 bits per heavy atom. The van der Waals surface area contributed by atoms with E-state index in [1.165, 1.54) is 35.2 Å². The molecular formula is C28H31Cl2N3O5S. The lowest BCUT2D eigenvalue weighted by molar-refractivity contribution is -0.140. The van der Waals surface area contributed by atoms with Gasteiger partial charge in [0.25, 0.3) is 10.0 Å². The summed E-state index contributed by atoms with van der Waals surface area (Å²) in [4.78, 5) is 28.3. The summed E-state index contributed by atoms with van der Waals surface area (Å²) in [5.74, 6) is -0.261. The van der Waals surface area contributed by atoms with Gasteiger partial charge in [0, 0.05) is 18.1 Å². The lowest BCUT2D eigenvalue weighted by Crippen LogP contribution is -2.52. The van der Waals surface area contributed by atoms with Crippen LogP contribution in [-0.4, -0.2) is 51.4 Å². The molecule has 1 N–H and O–H groups in total. The van der Waals surface area contributed by atoms with Gasteiger partial charge in [0.2, 0.25) is 11.8 Å². The molecular weight excluding hydrogens is 561 g/mol. The molecule has 0 radical (unpaired) electrons. The third-order valence-corrected chi connectivity index (χ3v) is 8.35. The Morgan fingerprint density at radius 3 is 2.21 bits per heavy atom. The van der Waals surface area contributed by atoms with Crippen LogP contribution in [0.3, 0.4) is 0 Å². The molecule has 0 aromatic heterocycles. The van der Waals surface area contributed by atoms with Gasteiger partial charge in [-0.3, -0.25) is 13.9 Å². The highest BCUT2D eigenvalue weighted by atomic mass is 35.5. The lowest BCUT2D eigenvalue weighted by Gasteiger charge is -2.33. The van der Waals surface area contributed by atoms with Gasteiger partial charge < -0.3 is 15.0 Å². The van der Waals surface area contributed by atoms with Crippen molar-refractivity contribution < 1.29 is 22.7 Å². The minimum Gasteiger partial charge on any atom is -0.497 e. The molecule has 39 heavy (non-hydrogen) atoms. The van der Waals surface area contributed by atoms with Crippen LogP contribution in [-0.2, 0) is 26.2 Å². The van der Waals surface area contributed by atoms with Gasteiger partial charge in [0.1, 0.15) is 18.3 Å². The molecule has 0 heterocycles. The number of carbonyl (C=O) groups excluding carboxylic acids is 2. The maximum absolute atomic E-state index is 14.0. The first-order chi connectivity index (χ1) is 18.6. The molecule has 3 aromatic carbocycles. The third kappa shape index (κ3) is 7.44. The molecule has 0 aliphatic carbocycles. The van der Waals surface area contributed by atoms with Gasteiger partial charge in [-0.25, -0.2) is 8.42 Å². The number of rotatable bonds is 12. The van der Waals surface area contributed by atoms with Gasteiger partial charge in [-0.2, -0.15) is 0 Å². The summed E-state index contributed by atoms with van der Waals surface area (Å²) in [7, 11) is -2.67. The van der Waals surface area contributed by atoms with Crippen molar-refractivity contribution in [2.24, 2.45) is 0 Å². The number of nitrogens with zero attached hydrogens (tertiary/aromatic N) is 2. The first-order valence-electron chi connectivity index (χ1n) is 12.3. The van der Waals surface area contributed by atoms with Crippen LogP contribution in [0.4, 0.5) is 5.69 Å². The lowest BCUT2D eigenvalue weighted by atomic mass is 10.1. The standard InChI is InChI=1S/C28H31Cl2N3O5S/c1-4-25(28(35)31-5-2)32(18-20-11-14-22(38-3)15-12-20)27(34)19-33(26-16-13-21(29)17-24(26)30)39(36,37)23-9-7-6-8-10-23/h6-17,25H,4-5,18-19H2,1-3H3,(H,31,35). The zero-order valence-electron chi connectivity index (χ0n) is 21.9. The first-order valence-corrected chi connectivity index (χ1v) is 14.5. The van der Waals surface area contributed by atoms with Crippen molar-refractivity contribution in [1.29, 1.82) is 0 Å². The fraction of sp³-hybridized carbons (Fsp3) is 0.286. The van der Waals surface area contributed by atoms with Crippen LogP contribution in [0, 0.1) is 0 Å². The number of benzene rings is 3. The second-order valence-corrected chi connectivity index (χ2v) is 11.3. The molecule has 0 aliphatic rings. The van der Waals surface area contributed by atoms with E-state index >= 15 is 0 Å². The number of amides is 2. The molecule has 208 valence electrons. The fourth-order valence-corrected chi connectivity index (χ4v) is 6.07. The molecule has 1 unspecified atom stereocenters. The molecule has 0 saturated carbocycles. The maximum atomic E-state index is 14.0. The van der Waals surface area contributed by atoms with Crippen LogP contribution in [0.1, 0.15) is 25.8 Å². The van der Waals surface area contributed by atoms with E-state index in [0.717, 1.165) is 9.87 Å². The first kappa shape index (κ1) is 30.3. The summed E-state index contributed by atoms with van der Waals surface area (Å²) in [6.07, 6.45) is 0.320. The summed E-state index contributed by atoms with van der Waals surface area (Å²) in [5, 5.41) is 3.15. The number of likely N-dealkylation sites (N-methyl/N-ethyl adjacent to an activating group) is 1. The van der Waals surface area contributed by atoms with E-state index in [1.54, 1.807) is 63.4 Å². The quantitative estimate of drug-likeness (QED) is 0.314. The minimum atomic E-state index is -4.22. The summed E-state index contributed by atoms with van der Waals surface area (Å²) < 4.78 is 33.8. The van der Waals surface area contributed by atoms with E-state index in [2.05, 4.69) is 5.32 Å². The summed E-state index contributed by atoms with van der Waals surface area (Å²) in [6, 6.07) is 18.4. The molecule has 0 fully saturated rings. The van der Waals surface area contributed by atoms with Crippen molar-refractivity contribution in [3.8, 4) is 5.75 Å². The average Bonchev–Trinajstić information content (AvgIpc) is 2.93. The van der Waals surface area contributed by atoms with Crippen LogP contribution in [0.25, 0.3) is 0 Å². The summed E-state index contributed by atoms with van der Waals surface area (Å²) in [6.45, 7) is 3.45. The van der Waals surface area contributed by atoms with E-state index in [9.17, 15) is 18.0 Å². The smallest absolute Gasteiger partial charge is 0.264 e. The van der Waals surface area contributed by atoms with Crippen molar-refractivity contribution in [2.75, 3.05) is 24.5 Å². The Hall–Kier alpha value is -3.27. The Kier molecular flexibility index (Phi) is 10.6. The summed E-state index contributed by atoms with van der Waals surface area (Å²) >= 11 is 12.5. The second kappa shape index (κ2) is 13.7. The molecule has 8 nitrogen and oxygen atoms in total. The number of hydrogen-bond donors (Lipinski definition) is 1. The number of nitrogens with one attached hydrogen (secondary N) is 1. The van der Waals surface area contributed by atoms with Crippen molar-refractivity contribution in [1.82, 2.24) is 10.2 Å². The van der Waals surface area contributed by atoms with Crippen molar-refractivity contribution in [3.63, 3.8) is 0 Å². The molecule has 0 saturated heterocycles. The van der Waals surface area contributed by atoms with Gasteiger partial charge in [-0.15, -0.1) is 0 Å². The van der Waals surface area contributed by atoms with E-state index in [-0.39, 0.29) is 28.1 Å². The summed E-state index contributed by atoms with van der Waals surface area (Å²) in [5.41, 5.74) is 0.836. The largest absolute Gasteiger partial charge is 0.497 e. The van der Waals surface area contributed by atoms with Crippen molar-refractivity contribution in [2.45, 2.75) is 37.8 Å². The van der Waals surface area contributed by atoms with Crippen LogP contribution < -0.4 is 14.4 Å². The maximum Gasteiger partial charge on any atom is 0.264 e. The van der Waals surface area contributed by atoms with Gasteiger partial charge >= 0.3 is 0 Å². The molecule has 11 heteroatoms. The molecule has 3 aromatic rings. The number of ether oxygens (including phenoxy) is 1. The topological polar surface area (TPSA) is 96.0 Å². The van der Waals surface area contributed by atoms with Gasteiger partial charge in [0.05, 0.1) is 22.7 Å². The molecule has 3 rings (SSSR count). The Balaban J connectivity index is 2.07. The zero-order chi connectivity index (χ0) is 28.6. The Bertz CT molecular complexity index is 1390. The number of sulfonamides is 1. The third-order valence-electron chi connectivity index (χ3n) is 6.04. The normalized spacial score (nSPS) is 11.9. The van der Waals surface area contributed by atoms with Crippen LogP contribution in [0.15, 0.2) is 77.7 Å². The Morgan fingerprint density at radius 1 is 0.974 bits per heavy atom. The predicted octanol–water partition coefficient (Wildman–Crippen LogP) is 5.14. The number of carbonyl (C=O) groups is 2. The van der Waals surface area contributed by atoms with Gasteiger partial charge in [-0.1, -0.05) is 60.5 Å². The zero-order valence-corrected chi connectivity index (χ0v) is 24.3. The molecule has 0 bridgehead atoms. The second-order valence-electron chi connectivity index (χ2n) is 8.61. The Labute approximate surface area is 239 Å². The number of methoxy groups -OCH3 is 1. The van der Waals surface area contributed by atoms with Gasteiger partial charge in [-0.05, 0) is 61.4 Å². The number of hydrogen-bond acceptors (Lipinski definition) is 5. The molecule has 2 amide bonds. The van der Waals surface area contributed by atoms with Crippen molar-refractivity contribution >= 4 is 50.7 Å². The molecule has 0 spiro atoms. The highest BCUT2D eigenvalue weighted by Gasteiger charge is 2.34. The van der Waals surface area contributed by atoms with Crippen molar-refractivity contribution in [3.05, 3.63) is 88.4 Å². The predicted molar refractivity (Wildman–Crippen MR) is 154 cm³/mol. The highest BCUT2D eigenvalue weighted by molar-refractivity contribution is 7.92. The van der Waals surface area contributed by atoms with Crippen LogP contribution in [0.2, 0.25) is 10.0 Å². The number of halogens is 2. The highest BCUT2D eigenvalue weighted by Crippen LogP contribution is 2.33. The SMILES string of the molecule is CCNC(=O)C(CC)N(Cc1ccc(OC)cc1)C(=O)CN(c1ccc(Cl)cc1Cl)S(=O)(=O)c1ccccc1. The fourth-order valence-electron chi connectivity index (χ4n) is 4.06. The van der Waals surface area contributed by atoms with Crippen LogP contribution in [0.5, 0.6) is 5.75 Å². The average molecular weight is 593 g/mol. The molecule has 0 aliphatic heterocycles. The van der Waals surface area contributed by atoms with Crippen LogP contribution >= 0.6 is 23.2 Å². The number of anilines is 1. The van der Waals surface area contributed by atoms with Gasteiger partial charge in [0.15, 0.2) is 0 Å². The minimum absolute atomic E-state index is 0.0127. The van der Waals surface area contributed by atoms with E-state index < -0.39 is 28.5 Å².